The number of ether oxygens (including phenoxy) is 2. The quantitative estimate of drug-likeness (QED) is 0.405. The van der Waals surface area contributed by atoms with Crippen molar-refractivity contribution in [2.75, 3.05) is 37.9 Å². The number of hydrogen-bond donors (Lipinski definition) is 1. The summed E-state index contributed by atoms with van der Waals surface area (Å²) in [5.41, 5.74) is 0.946. The Balaban J connectivity index is 2.46. The monoisotopic (exact) mass is 553 g/mol. The van der Waals surface area contributed by atoms with E-state index in [0.717, 1.165) is 16.1 Å². The van der Waals surface area contributed by atoms with E-state index in [0.29, 0.717) is 24.5 Å². The third-order valence-corrected chi connectivity index (χ3v) is 7.10. The van der Waals surface area contributed by atoms with Crippen LogP contribution in [-0.2, 0) is 26.2 Å². The number of amides is 2. The summed E-state index contributed by atoms with van der Waals surface area (Å²) in [5, 5.41) is 3.09. The van der Waals surface area contributed by atoms with Crippen LogP contribution in [0.3, 0.4) is 0 Å². The summed E-state index contributed by atoms with van der Waals surface area (Å²) < 4.78 is 36.9. The van der Waals surface area contributed by atoms with Crippen LogP contribution in [0.15, 0.2) is 42.5 Å². The fourth-order valence-electron chi connectivity index (χ4n) is 3.73. The van der Waals surface area contributed by atoms with E-state index in [-0.39, 0.29) is 29.1 Å². The van der Waals surface area contributed by atoms with Crippen LogP contribution >= 0.6 is 11.6 Å². The van der Waals surface area contributed by atoms with Gasteiger partial charge in [0.1, 0.15) is 24.1 Å². The minimum atomic E-state index is -3.87. The van der Waals surface area contributed by atoms with E-state index < -0.39 is 28.5 Å². The molecule has 0 bridgehead atoms. The number of hydrogen-bond acceptors (Lipinski definition) is 6. The zero-order valence-corrected chi connectivity index (χ0v) is 23.7. The van der Waals surface area contributed by atoms with Crippen LogP contribution < -0.4 is 19.1 Å². The molecule has 0 fully saturated rings. The maximum absolute atomic E-state index is 13.7. The standard InChI is InChI=1S/C26H36ClN3O6S/c1-7-23(26(32)28-15-18(2)3)29(16-19-9-8-10-21(13-19)35-4)25(31)17-30(37(6,33)34)20-11-12-24(36-5)22(27)14-20/h8-14,18,23H,7,15-17H2,1-6H3,(H,28,32)/t23-/m1/s1. The highest BCUT2D eigenvalue weighted by atomic mass is 35.5. The summed E-state index contributed by atoms with van der Waals surface area (Å²) in [4.78, 5) is 28.3. The molecule has 0 spiro atoms. The number of sulfonamides is 1. The van der Waals surface area contributed by atoms with Crippen LogP contribution in [0.5, 0.6) is 11.5 Å². The maximum atomic E-state index is 13.7. The van der Waals surface area contributed by atoms with E-state index in [9.17, 15) is 18.0 Å². The van der Waals surface area contributed by atoms with E-state index in [2.05, 4.69) is 5.32 Å². The van der Waals surface area contributed by atoms with Gasteiger partial charge in [0.25, 0.3) is 0 Å². The minimum absolute atomic E-state index is 0.0879. The molecule has 1 N–H and O–H groups in total. The molecule has 0 aliphatic heterocycles. The predicted molar refractivity (Wildman–Crippen MR) is 146 cm³/mol. The second-order valence-corrected chi connectivity index (χ2v) is 11.3. The largest absolute Gasteiger partial charge is 0.497 e. The van der Waals surface area contributed by atoms with Crippen molar-refractivity contribution in [2.45, 2.75) is 39.8 Å². The number of halogens is 1. The zero-order chi connectivity index (χ0) is 27.8. The third kappa shape index (κ3) is 8.53. The molecule has 204 valence electrons. The molecule has 0 heterocycles. The minimum Gasteiger partial charge on any atom is -0.497 e. The van der Waals surface area contributed by atoms with Crippen LogP contribution in [0.1, 0.15) is 32.8 Å². The van der Waals surface area contributed by atoms with Gasteiger partial charge in [-0.3, -0.25) is 13.9 Å². The lowest BCUT2D eigenvalue weighted by molar-refractivity contribution is -0.140. The number of rotatable bonds is 13. The number of anilines is 1. The van der Waals surface area contributed by atoms with Gasteiger partial charge >= 0.3 is 0 Å². The number of nitrogens with one attached hydrogen (secondary N) is 1. The molecular formula is C26H36ClN3O6S. The van der Waals surface area contributed by atoms with E-state index in [1.54, 1.807) is 25.3 Å². The number of methoxy groups -OCH3 is 2. The van der Waals surface area contributed by atoms with Crippen molar-refractivity contribution >= 4 is 39.1 Å². The Hall–Kier alpha value is -2.98. The normalized spacial score (nSPS) is 12.1. The molecule has 1 atom stereocenters. The SMILES string of the molecule is CC[C@H](C(=O)NCC(C)C)N(Cc1cccc(OC)c1)C(=O)CN(c1ccc(OC)c(Cl)c1)S(C)(=O)=O. The second kappa shape index (κ2) is 13.5. The lowest BCUT2D eigenvalue weighted by Gasteiger charge is -2.33. The van der Waals surface area contributed by atoms with Gasteiger partial charge in [-0.05, 0) is 48.2 Å². The van der Waals surface area contributed by atoms with Gasteiger partial charge in [0.05, 0.1) is 31.2 Å². The van der Waals surface area contributed by atoms with Crippen molar-refractivity contribution in [1.29, 1.82) is 0 Å². The van der Waals surface area contributed by atoms with Crippen LogP contribution in [0.2, 0.25) is 5.02 Å². The predicted octanol–water partition coefficient (Wildman–Crippen LogP) is 3.70. The van der Waals surface area contributed by atoms with Crippen LogP contribution in [0.4, 0.5) is 5.69 Å². The molecule has 0 saturated heterocycles. The van der Waals surface area contributed by atoms with Gasteiger partial charge in [-0.15, -0.1) is 0 Å². The van der Waals surface area contributed by atoms with E-state index in [4.69, 9.17) is 21.1 Å². The van der Waals surface area contributed by atoms with E-state index >= 15 is 0 Å². The molecule has 2 aromatic carbocycles. The van der Waals surface area contributed by atoms with Gasteiger partial charge in [0, 0.05) is 13.1 Å². The summed E-state index contributed by atoms with van der Waals surface area (Å²) in [7, 11) is -0.884. The first-order chi connectivity index (χ1) is 17.4. The van der Waals surface area contributed by atoms with Crippen molar-refractivity contribution in [2.24, 2.45) is 5.92 Å². The first-order valence-electron chi connectivity index (χ1n) is 11.9. The number of benzene rings is 2. The van der Waals surface area contributed by atoms with Crippen molar-refractivity contribution in [3.63, 3.8) is 0 Å². The number of carbonyl (C=O) groups is 2. The Morgan fingerprint density at radius 1 is 1.08 bits per heavy atom. The van der Waals surface area contributed by atoms with Crippen LogP contribution in [-0.4, -0.2) is 64.7 Å². The molecule has 37 heavy (non-hydrogen) atoms. The highest BCUT2D eigenvalue weighted by molar-refractivity contribution is 7.92. The second-order valence-electron chi connectivity index (χ2n) is 9.02. The average molecular weight is 554 g/mol. The van der Waals surface area contributed by atoms with Crippen molar-refractivity contribution in [1.82, 2.24) is 10.2 Å². The van der Waals surface area contributed by atoms with Gasteiger partial charge in [-0.1, -0.05) is 44.5 Å². The van der Waals surface area contributed by atoms with Gasteiger partial charge in [0.2, 0.25) is 21.8 Å². The molecule has 0 aliphatic carbocycles. The molecule has 0 aliphatic rings. The van der Waals surface area contributed by atoms with E-state index in [1.807, 2.05) is 26.8 Å². The highest BCUT2D eigenvalue weighted by Gasteiger charge is 2.32. The molecule has 11 heteroatoms. The lowest BCUT2D eigenvalue weighted by Crippen LogP contribution is -2.52. The van der Waals surface area contributed by atoms with Gasteiger partial charge in [0.15, 0.2) is 0 Å². The number of nitrogens with zero attached hydrogens (tertiary/aromatic N) is 2. The Labute approximate surface area is 224 Å². The fourth-order valence-corrected chi connectivity index (χ4v) is 4.83. The Morgan fingerprint density at radius 2 is 1.78 bits per heavy atom. The Kier molecular flexibility index (Phi) is 11.1. The molecule has 2 aromatic rings. The third-order valence-electron chi connectivity index (χ3n) is 5.66. The molecule has 0 unspecified atom stereocenters. The lowest BCUT2D eigenvalue weighted by atomic mass is 10.1. The Bertz CT molecular complexity index is 1190. The molecule has 9 nitrogen and oxygen atoms in total. The molecule has 2 amide bonds. The zero-order valence-electron chi connectivity index (χ0n) is 22.2. The molecule has 0 radical (unpaired) electrons. The summed E-state index contributed by atoms with van der Waals surface area (Å²) in [6.45, 7) is 5.79. The van der Waals surface area contributed by atoms with E-state index in [1.165, 1.54) is 30.2 Å². The first kappa shape index (κ1) is 30.2. The molecular weight excluding hydrogens is 518 g/mol. The summed E-state index contributed by atoms with van der Waals surface area (Å²) >= 11 is 6.23. The maximum Gasteiger partial charge on any atom is 0.244 e. The average Bonchev–Trinajstić information content (AvgIpc) is 2.85. The number of carbonyl (C=O) groups excluding carboxylic acids is 2. The summed E-state index contributed by atoms with van der Waals surface area (Å²) in [6, 6.07) is 10.8. The molecule has 0 aromatic heterocycles. The first-order valence-corrected chi connectivity index (χ1v) is 14.1. The fraction of sp³-hybridized carbons (Fsp3) is 0.462. The van der Waals surface area contributed by atoms with Crippen LogP contribution in [0.25, 0.3) is 0 Å². The van der Waals surface area contributed by atoms with Gasteiger partial charge < -0.3 is 19.7 Å². The topological polar surface area (TPSA) is 105 Å². The van der Waals surface area contributed by atoms with Gasteiger partial charge in [-0.2, -0.15) is 0 Å². The summed E-state index contributed by atoms with van der Waals surface area (Å²) in [5.74, 6) is 0.368. The smallest absolute Gasteiger partial charge is 0.244 e. The van der Waals surface area contributed by atoms with Crippen molar-refractivity contribution in [3.8, 4) is 11.5 Å². The van der Waals surface area contributed by atoms with Crippen molar-refractivity contribution < 1.29 is 27.5 Å². The summed E-state index contributed by atoms with van der Waals surface area (Å²) in [6.07, 6.45) is 1.35. The van der Waals surface area contributed by atoms with Crippen LogP contribution in [0, 0.1) is 5.92 Å². The molecule has 2 rings (SSSR count). The van der Waals surface area contributed by atoms with Crippen molar-refractivity contribution in [3.05, 3.63) is 53.1 Å². The molecule has 0 saturated carbocycles. The van der Waals surface area contributed by atoms with Gasteiger partial charge in [-0.25, -0.2) is 8.42 Å². The highest BCUT2D eigenvalue weighted by Crippen LogP contribution is 2.30. The Morgan fingerprint density at radius 3 is 2.32 bits per heavy atom.